The summed E-state index contributed by atoms with van der Waals surface area (Å²) in [5.41, 5.74) is 5.65. The van der Waals surface area contributed by atoms with Gasteiger partial charge in [-0.3, -0.25) is 9.59 Å². The van der Waals surface area contributed by atoms with Crippen molar-refractivity contribution in [3.63, 3.8) is 0 Å². The third kappa shape index (κ3) is 2.42. The molecule has 2 saturated heterocycles. The summed E-state index contributed by atoms with van der Waals surface area (Å²) in [6, 6.07) is -0.843. The van der Waals surface area contributed by atoms with Gasteiger partial charge in [0, 0.05) is 19.6 Å². The van der Waals surface area contributed by atoms with Crippen molar-refractivity contribution in [2.45, 2.75) is 25.4 Å². The minimum atomic E-state index is -0.435. The Morgan fingerprint density at radius 3 is 2.59 bits per heavy atom. The summed E-state index contributed by atoms with van der Waals surface area (Å²) < 4.78 is 5.20. The largest absolute Gasteiger partial charge is 0.378 e. The third-order valence-electron chi connectivity index (χ3n) is 3.43. The Hall–Kier alpha value is -1.14. The maximum absolute atomic E-state index is 12.2. The van der Waals surface area contributed by atoms with E-state index in [2.05, 4.69) is 0 Å². The number of carbonyl (C=O) groups is 2. The molecule has 0 saturated carbocycles. The van der Waals surface area contributed by atoms with Gasteiger partial charge in [-0.15, -0.1) is 0 Å². The van der Waals surface area contributed by atoms with E-state index in [1.54, 1.807) is 16.7 Å². The average molecular weight is 241 g/mol. The van der Waals surface area contributed by atoms with E-state index in [4.69, 9.17) is 10.5 Å². The number of nitrogens with two attached hydrogens (primary N) is 1. The van der Waals surface area contributed by atoms with Gasteiger partial charge >= 0.3 is 0 Å². The number of rotatable bonds is 2. The zero-order valence-corrected chi connectivity index (χ0v) is 10.1. The summed E-state index contributed by atoms with van der Waals surface area (Å²) in [5, 5.41) is 0. The van der Waals surface area contributed by atoms with Crippen molar-refractivity contribution in [3.8, 4) is 0 Å². The highest BCUT2D eigenvalue weighted by Gasteiger charge is 2.36. The van der Waals surface area contributed by atoms with Crippen LogP contribution in [0.3, 0.4) is 0 Å². The minimum absolute atomic E-state index is 0.00394. The van der Waals surface area contributed by atoms with E-state index in [-0.39, 0.29) is 11.8 Å². The van der Waals surface area contributed by atoms with E-state index >= 15 is 0 Å². The van der Waals surface area contributed by atoms with Crippen LogP contribution in [0.1, 0.15) is 13.3 Å². The van der Waals surface area contributed by atoms with Gasteiger partial charge in [-0.05, 0) is 13.3 Å². The fourth-order valence-corrected chi connectivity index (χ4v) is 2.29. The van der Waals surface area contributed by atoms with Crippen molar-refractivity contribution < 1.29 is 14.3 Å². The first kappa shape index (κ1) is 12.3. The van der Waals surface area contributed by atoms with E-state index < -0.39 is 12.1 Å². The molecule has 2 aliphatic heterocycles. The highest BCUT2D eigenvalue weighted by Crippen LogP contribution is 2.15. The second-order valence-electron chi connectivity index (χ2n) is 4.54. The Morgan fingerprint density at radius 1 is 1.41 bits per heavy atom. The normalized spacial score (nSPS) is 27.4. The Kier molecular flexibility index (Phi) is 3.63. The maximum Gasteiger partial charge on any atom is 0.245 e. The van der Waals surface area contributed by atoms with Gasteiger partial charge in [0.05, 0.1) is 19.3 Å². The molecule has 2 atom stereocenters. The molecule has 17 heavy (non-hydrogen) atoms. The number of hydrogen-bond donors (Lipinski definition) is 1. The van der Waals surface area contributed by atoms with Gasteiger partial charge in [0.25, 0.3) is 0 Å². The number of nitrogens with zero attached hydrogens (tertiary/aromatic N) is 2. The van der Waals surface area contributed by atoms with Crippen molar-refractivity contribution in [2.75, 3.05) is 32.8 Å². The quantitative estimate of drug-likeness (QED) is 0.658. The fourth-order valence-electron chi connectivity index (χ4n) is 2.29. The molecule has 0 aliphatic carbocycles. The average Bonchev–Trinajstić information content (AvgIpc) is 2.69. The number of morpholine rings is 1. The van der Waals surface area contributed by atoms with Gasteiger partial charge in [0.2, 0.25) is 11.8 Å². The van der Waals surface area contributed by atoms with Crippen LogP contribution < -0.4 is 5.73 Å². The molecule has 6 nitrogen and oxygen atoms in total. The molecule has 0 unspecified atom stereocenters. The van der Waals surface area contributed by atoms with Crippen LogP contribution in [0, 0.1) is 0 Å². The lowest BCUT2D eigenvalue weighted by atomic mass is 10.2. The number of likely N-dealkylation sites (tertiary alicyclic amines) is 1. The molecule has 2 amide bonds. The Bertz CT molecular complexity index is 315. The van der Waals surface area contributed by atoms with E-state index in [0.29, 0.717) is 39.3 Å². The van der Waals surface area contributed by atoms with Gasteiger partial charge < -0.3 is 20.3 Å². The molecule has 96 valence electrons. The number of hydrogen-bond acceptors (Lipinski definition) is 4. The summed E-state index contributed by atoms with van der Waals surface area (Å²) >= 11 is 0. The lowest BCUT2D eigenvalue weighted by Gasteiger charge is -2.32. The molecular formula is C11H19N3O3. The van der Waals surface area contributed by atoms with Gasteiger partial charge in [-0.25, -0.2) is 0 Å². The van der Waals surface area contributed by atoms with E-state index in [1.165, 1.54) is 0 Å². The molecule has 2 fully saturated rings. The summed E-state index contributed by atoms with van der Waals surface area (Å²) in [6.07, 6.45) is 0.638. The smallest absolute Gasteiger partial charge is 0.245 e. The first-order chi connectivity index (χ1) is 8.11. The molecule has 2 heterocycles. The zero-order valence-electron chi connectivity index (χ0n) is 10.1. The molecule has 0 bridgehead atoms. The monoisotopic (exact) mass is 241 g/mol. The Labute approximate surface area is 101 Å². The van der Waals surface area contributed by atoms with Gasteiger partial charge in [-0.2, -0.15) is 0 Å². The molecule has 0 spiro atoms. The third-order valence-corrected chi connectivity index (χ3v) is 3.43. The summed E-state index contributed by atoms with van der Waals surface area (Å²) in [7, 11) is 0. The molecule has 2 rings (SSSR count). The van der Waals surface area contributed by atoms with Crippen molar-refractivity contribution in [2.24, 2.45) is 5.73 Å². The highest BCUT2D eigenvalue weighted by atomic mass is 16.5. The fraction of sp³-hybridized carbons (Fsp3) is 0.818. The predicted molar refractivity (Wildman–Crippen MR) is 61.2 cm³/mol. The molecular weight excluding hydrogens is 222 g/mol. The standard InChI is InChI=1S/C11H19N3O3/c1-8(14-3-2-9(12)11(14)16)10(15)13-4-6-17-7-5-13/h8-9H,2-7,12H2,1H3/t8-,9+/m0/s1. The first-order valence-electron chi connectivity index (χ1n) is 6.04. The molecule has 0 aromatic heterocycles. The van der Waals surface area contributed by atoms with Gasteiger partial charge in [0.15, 0.2) is 0 Å². The Balaban J connectivity index is 1.97. The van der Waals surface area contributed by atoms with Crippen LogP contribution in [0.5, 0.6) is 0 Å². The van der Waals surface area contributed by atoms with Crippen LogP contribution in [0.25, 0.3) is 0 Å². The lowest BCUT2D eigenvalue weighted by Crippen LogP contribution is -2.52. The van der Waals surface area contributed by atoms with Crippen molar-refractivity contribution >= 4 is 11.8 Å². The first-order valence-corrected chi connectivity index (χ1v) is 6.04. The van der Waals surface area contributed by atoms with E-state index in [1.807, 2.05) is 0 Å². The Morgan fingerprint density at radius 2 is 2.06 bits per heavy atom. The van der Waals surface area contributed by atoms with Crippen LogP contribution in [-0.2, 0) is 14.3 Å². The molecule has 0 aromatic rings. The summed E-state index contributed by atoms with van der Waals surface area (Å²) in [4.78, 5) is 27.3. The predicted octanol–water partition coefficient (Wildman–Crippen LogP) is -1.21. The summed E-state index contributed by atoms with van der Waals surface area (Å²) in [5.74, 6) is -0.116. The van der Waals surface area contributed by atoms with E-state index in [9.17, 15) is 9.59 Å². The molecule has 0 radical (unpaired) electrons. The van der Waals surface area contributed by atoms with Gasteiger partial charge in [-0.1, -0.05) is 0 Å². The second kappa shape index (κ2) is 5.01. The van der Waals surface area contributed by atoms with Crippen molar-refractivity contribution in [1.29, 1.82) is 0 Å². The van der Waals surface area contributed by atoms with E-state index in [0.717, 1.165) is 0 Å². The van der Waals surface area contributed by atoms with Crippen LogP contribution in [0.4, 0.5) is 0 Å². The zero-order chi connectivity index (χ0) is 12.4. The van der Waals surface area contributed by atoms with Crippen LogP contribution in [0.15, 0.2) is 0 Å². The molecule has 2 N–H and O–H groups in total. The van der Waals surface area contributed by atoms with Crippen LogP contribution >= 0.6 is 0 Å². The van der Waals surface area contributed by atoms with Gasteiger partial charge in [0.1, 0.15) is 6.04 Å². The maximum atomic E-state index is 12.2. The van der Waals surface area contributed by atoms with Crippen molar-refractivity contribution in [3.05, 3.63) is 0 Å². The topological polar surface area (TPSA) is 75.9 Å². The molecule has 6 heteroatoms. The van der Waals surface area contributed by atoms with Crippen LogP contribution in [-0.4, -0.2) is 66.5 Å². The van der Waals surface area contributed by atoms with Crippen molar-refractivity contribution in [1.82, 2.24) is 9.80 Å². The number of ether oxygens (including phenoxy) is 1. The second-order valence-corrected chi connectivity index (χ2v) is 4.54. The minimum Gasteiger partial charge on any atom is -0.378 e. The molecule has 2 aliphatic rings. The summed E-state index contributed by atoms with van der Waals surface area (Å²) in [6.45, 7) is 4.72. The SMILES string of the molecule is C[C@@H](C(=O)N1CCOCC1)N1CC[C@@H](N)C1=O. The highest BCUT2D eigenvalue weighted by molar-refractivity contribution is 5.90. The molecule has 0 aromatic carbocycles. The number of amides is 2. The van der Waals surface area contributed by atoms with Crippen LogP contribution in [0.2, 0.25) is 0 Å². The lowest BCUT2D eigenvalue weighted by molar-refractivity contribution is -0.145. The number of carbonyl (C=O) groups excluding carboxylic acids is 2.